The molecule has 2 unspecified atom stereocenters. The van der Waals surface area contributed by atoms with Crippen LogP contribution in [0, 0.1) is 10.5 Å². The number of nitrogens with zero attached hydrogens (tertiary/aromatic N) is 2. The van der Waals surface area contributed by atoms with Gasteiger partial charge in [-0.25, -0.2) is 28.8 Å². The fraction of sp³-hybridized carbons (Fsp3) is 0.265. The summed E-state index contributed by atoms with van der Waals surface area (Å²) in [5.74, 6) is -2.22. The van der Waals surface area contributed by atoms with Crippen LogP contribution in [0.4, 0.5) is 0 Å². The van der Waals surface area contributed by atoms with E-state index in [0.29, 0.717) is 31.4 Å². The Hall–Kier alpha value is -6.27. The monoisotopic (exact) mass is 1080 g/mol. The van der Waals surface area contributed by atoms with Crippen LogP contribution in [0.2, 0.25) is 0 Å². The number of hydrogen-bond acceptors (Lipinski definition) is 15. The molecule has 0 amide bonds. The Balaban J connectivity index is 0.000000286. The Kier molecular flexibility index (Phi) is 21.9. The van der Waals surface area contributed by atoms with Gasteiger partial charge in [0.2, 0.25) is 0 Å². The largest absolute Gasteiger partial charge is 1.00 e. The summed E-state index contributed by atoms with van der Waals surface area (Å²) in [5.41, 5.74) is -0.505. The standard InChI is InChI=1S/C24H22N2O7.C23H19IN2O7.CH3O.CH4.Na/c1-15-13-26(24(30)25-21(15)27)20-12-18(33-23(29)17-10-6-3-7-11-17)19(32-20)14-31-22(28)16-8-4-2-5-9-16;24-16-12-26(23(30)25-20(16)27)19-11-17(33-22(29)15-9-5-2-6-10-15)18(32-19)13-31-21(28)14-7-3-1-4-8-14;1-2;;/h2-11,13,18-20H,12,14H2,1H3,(H,25,27,30);1-10,12,17-19H,11,13H2,(H,25,27,30);1H3;1H4;/q;;-1;;+1/t18-,19+,20?;17-,18+,19?;;;/m11.../s1. The topological polar surface area (TPSA) is 256 Å². The molecule has 0 radical (unpaired) electrons. The van der Waals surface area contributed by atoms with Gasteiger partial charge in [-0.3, -0.25) is 28.7 Å². The second-order valence-corrected chi connectivity index (χ2v) is 16.1. The molecule has 19 nitrogen and oxygen atoms in total. The van der Waals surface area contributed by atoms with E-state index in [1.807, 2.05) is 22.6 Å². The van der Waals surface area contributed by atoms with Gasteiger partial charge in [0, 0.05) is 30.8 Å². The summed E-state index contributed by atoms with van der Waals surface area (Å²) in [6.07, 6.45) is -1.80. The average molecular weight is 1080 g/mol. The second kappa shape index (κ2) is 27.2. The number of aromatic amines is 2. The molecule has 21 heteroatoms. The second-order valence-electron chi connectivity index (χ2n) is 14.9. The minimum atomic E-state index is -0.822. The molecule has 4 aromatic carbocycles. The molecular weight excluding hydrogens is 1030 g/mol. The Morgan fingerprint density at radius 3 is 1.27 bits per heavy atom. The zero-order valence-corrected chi connectivity index (χ0v) is 41.5. The third-order valence-electron chi connectivity index (χ3n) is 10.4. The summed E-state index contributed by atoms with van der Waals surface area (Å²) in [7, 11) is 0.750. The van der Waals surface area contributed by atoms with Crippen molar-refractivity contribution in [1.29, 1.82) is 0 Å². The van der Waals surface area contributed by atoms with Crippen LogP contribution in [-0.4, -0.2) is 87.7 Å². The quantitative estimate of drug-likeness (QED) is 0.0759. The van der Waals surface area contributed by atoms with Crippen LogP contribution in [0.3, 0.4) is 0 Å². The van der Waals surface area contributed by atoms with Crippen molar-refractivity contribution in [3.8, 4) is 0 Å². The van der Waals surface area contributed by atoms with E-state index in [1.165, 1.54) is 21.5 Å². The summed E-state index contributed by atoms with van der Waals surface area (Å²) < 4.78 is 36.7. The van der Waals surface area contributed by atoms with E-state index in [2.05, 4.69) is 9.97 Å². The molecule has 2 aliphatic heterocycles. The molecule has 8 rings (SSSR count). The molecule has 2 N–H and O–H groups in total. The molecule has 0 spiro atoms. The first-order chi connectivity index (χ1) is 32.8. The van der Waals surface area contributed by atoms with E-state index >= 15 is 0 Å². The maximum Gasteiger partial charge on any atom is 1.00 e. The number of ether oxygens (including phenoxy) is 6. The smallest absolute Gasteiger partial charge is 0.857 e. The van der Waals surface area contributed by atoms with E-state index in [4.69, 9.17) is 33.5 Å². The summed E-state index contributed by atoms with van der Waals surface area (Å²) in [6.45, 7) is 1.19. The fourth-order valence-corrected chi connectivity index (χ4v) is 7.39. The maximum absolute atomic E-state index is 12.6. The SMILES string of the molecule is C.C[O-].Cc1cn(C2C[C@@H](OC(=O)c3ccccc3)[C@H](COC(=O)c3ccccc3)O2)c(=O)[nH]c1=O.O=C(OC[C@@H]1OC(n2cc(I)c(=O)[nH]c2=O)C[C@H]1OC(=O)c1ccccc1)c1ccccc1.[Na+]. The van der Waals surface area contributed by atoms with Crippen molar-refractivity contribution < 1.29 is 82.3 Å². The number of aromatic nitrogens is 4. The number of halogens is 1. The Bertz CT molecular complexity index is 2720. The third-order valence-corrected chi connectivity index (χ3v) is 11.1. The molecule has 0 saturated carbocycles. The van der Waals surface area contributed by atoms with Crippen LogP contribution in [0.25, 0.3) is 0 Å². The summed E-state index contributed by atoms with van der Waals surface area (Å²) in [6, 6.07) is 33.8. The molecule has 362 valence electrons. The molecule has 2 saturated heterocycles. The third kappa shape index (κ3) is 14.9. The number of esters is 4. The molecule has 2 aliphatic rings. The molecule has 6 aromatic rings. The molecule has 2 aromatic heterocycles. The first kappa shape index (κ1) is 56.3. The maximum atomic E-state index is 12.6. The molecular formula is C49H48IN4NaO15. The minimum absolute atomic E-state index is 0. The number of aryl methyl sites for hydroxylation is 1. The first-order valence-corrected chi connectivity index (χ1v) is 21.9. The Labute approximate surface area is 436 Å². The molecule has 6 atom stereocenters. The van der Waals surface area contributed by atoms with Crippen LogP contribution in [0.1, 0.15) is 79.7 Å². The number of benzene rings is 4. The van der Waals surface area contributed by atoms with Crippen LogP contribution in [0.5, 0.6) is 0 Å². The fourth-order valence-electron chi connectivity index (χ4n) is 6.96. The molecule has 70 heavy (non-hydrogen) atoms. The van der Waals surface area contributed by atoms with Gasteiger partial charge in [0.15, 0.2) is 0 Å². The number of carbonyl (C=O) groups excluding carboxylic acids is 4. The zero-order chi connectivity index (χ0) is 48.7. The van der Waals surface area contributed by atoms with Gasteiger partial charge in [0.25, 0.3) is 11.1 Å². The van der Waals surface area contributed by atoms with E-state index in [-0.39, 0.29) is 63.0 Å². The van der Waals surface area contributed by atoms with E-state index in [9.17, 15) is 38.4 Å². The predicted molar refractivity (Wildman–Crippen MR) is 255 cm³/mol. The summed E-state index contributed by atoms with van der Waals surface area (Å²) >= 11 is 1.81. The van der Waals surface area contributed by atoms with Gasteiger partial charge < -0.3 is 33.5 Å². The van der Waals surface area contributed by atoms with Gasteiger partial charge in [-0.1, -0.05) is 80.2 Å². The van der Waals surface area contributed by atoms with Gasteiger partial charge in [-0.15, -0.1) is 0 Å². The molecule has 0 bridgehead atoms. The Morgan fingerprint density at radius 2 is 0.900 bits per heavy atom. The molecule has 0 aliphatic carbocycles. The number of hydrogen-bond donors (Lipinski definition) is 2. The van der Waals surface area contributed by atoms with Gasteiger partial charge in [0.05, 0.1) is 25.8 Å². The Morgan fingerprint density at radius 1 is 0.571 bits per heavy atom. The van der Waals surface area contributed by atoms with Crippen molar-refractivity contribution in [2.45, 2.75) is 64.1 Å². The van der Waals surface area contributed by atoms with Crippen LogP contribution < -0.4 is 57.2 Å². The number of H-pyrrole nitrogens is 2. The van der Waals surface area contributed by atoms with E-state index in [1.54, 1.807) is 128 Å². The van der Waals surface area contributed by atoms with Crippen molar-refractivity contribution in [2.24, 2.45) is 0 Å². The van der Waals surface area contributed by atoms with Crippen molar-refractivity contribution in [1.82, 2.24) is 19.1 Å². The molecule has 4 heterocycles. The predicted octanol–water partition coefficient (Wildman–Crippen LogP) is 1.34. The van der Waals surface area contributed by atoms with Gasteiger partial charge in [-0.2, -0.15) is 7.11 Å². The van der Waals surface area contributed by atoms with Gasteiger partial charge in [-0.05, 0) is 78.0 Å². The number of nitrogens with one attached hydrogen (secondary N) is 2. The molecule has 2 fully saturated rings. The van der Waals surface area contributed by atoms with Crippen LogP contribution in [0.15, 0.2) is 153 Å². The van der Waals surface area contributed by atoms with E-state index < -0.39 is 83.2 Å². The van der Waals surface area contributed by atoms with Gasteiger partial charge in [0.1, 0.15) is 50.1 Å². The summed E-state index contributed by atoms with van der Waals surface area (Å²) in [5, 5.41) is 8.25. The minimum Gasteiger partial charge on any atom is -0.857 e. The zero-order valence-electron chi connectivity index (χ0n) is 37.4. The normalized spacial score (nSPS) is 18.7. The van der Waals surface area contributed by atoms with Crippen molar-refractivity contribution in [3.05, 3.63) is 207 Å². The van der Waals surface area contributed by atoms with Crippen molar-refractivity contribution in [2.75, 3.05) is 20.3 Å². The summed E-state index contributed by atoms with van der Waals surface area (Å²) in [4.78, 5) is 102. The number of rotatable bonds is 12. The van der Waals surface area contributed by atoms with Crippen molar-refractivity contribution >= 4 is 46.5 Å². The first-order valence-electron chi connectivity index (χ1n) is 20.9. The van der Waals surface area contributed by atoms with E-state index in [0.717, 1.165) is 7.11 Å². The van der Waals surface area contributed by atoms with Crippen LogP contribution in [-0.2, 0) is 28.4 Å². The average Bonchev–Trinajstić information content (AvgIpc) is 3.96. The van der Waals surface area contributed by atoms with Crippen LogP contribution >= 0.6 is 22.6 Å². The number of carbonyl (C=O) groups is 4. The van der Waals surface area contributed by atoms with Crippen molar-refractivity contribution in [3.63, 3.8) is 0 Å². The van der Waals surface area contributed by atoms with Gasteiger partial charge >= 0.3 is 64.8 Å².